The average molecular weight is 245 g/mol. The van der Waals surface area contributed by atoms with Gasteiger partial charge in [-0.3, -0.25) is 4.79 Å². The molecule has 0 spiro atoms. The number of aryl methyl sites for hydroxylation is 2. The predicted molar refractivity (Wildman–Crippen MR) is 75.1 cm³/mol. The van der Waals surface area contributed by atoms with Gasteiger partial charge in [-0.1, -0.05) is 19.1 Å². The number of carbonyl (C=O) groups is 1. The molecule has 18 heavy (non-hydrogen) atoms. The Morgan fingerprint density at radius 3 is 2.56 bits per heavy atom. The van der Waals surface area contributed by atoms with E-state index < -0.39 is 0 Å². The highest BCUT2D eigenvalue weighted by Crippen LogP contribution is 2.23. The molecule has 0 saturated heterocycles. The summed E-state index contributed by atoms with van der Waals surface area (Å²) in [6, 6.07) is 6.30. The molecule has 98 valence electrons. The minimum absolute atomic E-state index is 0.0710. The highest BCUT2D eigenvalue weighted by atomic mass is 16.1. The van der Waals surface area contributed by atoms with Crippen LogP contribution in [0.3, 0.4) is 0 Å². The molecule has 0 N–H and O–H groups in total. The van der Waals surface area contributed by atoms with E-state index in [1.54, 1.807) is 0 Å². The summed E-state index contributed by atoms with van der Waals surface area (Å²) in [6.45, 7) is 2.83. The number of Topliss-reactive ketones (excluding diaryl/α,β-unsaturated/α-hetero) is 1. The molecule has 1 aromatic rings. The highest BCUT2D eigenvalue weighted by Gasteiger charge is 2.18. The summed E-state index contributed by atoms with van der Waals surface area (Å²) in [7, 11) is 4.02. The lowest BCUT2D eigenvalue weighted by molar-refractivity contribution is 0.0910. The molecule has 0 radical (unpaired) electrons. The summed E-state index contributed by atoms with van der Waals surface area (Å²) in [4.78, 5) is 14.4. The van der Waals surface area contributed by atoms with Crippen molar-refractivity contribution in [1.82, 2.24) is 4.90 Å². The quantitative estimate of drug-likeness (QED) is 0.760. The summed E-state index contributed by atoms with van der Waals surface area (Å²) in [5.41, 5.74) is 3.73. The molecule has 0 bridgehead atoms. The fourth-order valence-corrected chi connectivity index (χ4v) is 2.80. The fourth-order valence-electron chi connectivity index (χ4n) is 2.80. The molecule has 0 fully saturated rings. The van der Waals surface area contributed by atoms with Crippen molar-refractivity contribution >= 4 is 5.78 Å². The summed E-state index contributed by atoms with van der Waals surface area (Å²) in [5, 5.41) is 0. The van der Waals surface area contributed by atoms with Gasteiger partial charge in [-0.25, -0.2) is 0 Å². The van der Waals surface area contributed by atoms with Crippen molar-refractivity contribution in [1.29, 1.82) is 0 Å². The second-order valence-electron chi connectivity index (χ2n) is 5.72. The molecule has 1 aliphatic carbocycles. The Kier molecular flexibility index (Phi) is 4.18. The first-order valence-electron chi connectivity index (χ1n) is 6.88. The van der Waals surface area contributed by atoms with Gasteiger partial charge in [-0.05, 0) is 57.0 Å². The number of nitrogens with zero attached hydrogens (tertiary/aromatic N) is 1. The molecule has 2 rings (SSSR count). The van der Waals surface area contributed by atoms with Crippen LogP contribution in [0, 0.1) is 5.92 Å². The van der Waals surface area contributed by atoms with Crippen LogP contribution in [0.15, 0.2) is 18.2 Å². The Morgan fingerprint density at radius 1 is 1.22 bits per heavy atom. The van der Waals surface area contributed by atoms with Crippen molar-refractivity contribution in [3.8, 4) is 0 Å². The summed E-state index contributed by atoms with van der Waals surface area (Å²) in [5.74, 6) is 0.346. The van der Waals surface area contributed by atoms with Gasteiger partial charge in [0.2, 0.25) is 0 Å². The number of fused-ring (bicyclic) bond motifs is 1. The Labute approximate surface area is 110 Å². The van der Waals surface area contributed by atoms with E-state index in [-0.39, 0.29) is 11.7 Å². The van der Waals surface area contributed by atoms with Crippen molar-refractivity contribution in [3.63, 3.8) is 0 Å². The van der Waals surface area contributed by atoms with Crippen LogP contribution in [0.2, 0.25) is 0 Å². The lowest BCUT2D eigenvalue weighted by atomic mass is 9.88. The lowest BCUT2D eigenvalue weighted by Gasteiger charge is -2.19. The monoisotopic (exact) mass is 245 g/mol. The molecular weight excluding hydrogens is 222 g/mol. The zero-order chi connectivity index (χ0) is 13.1. The Morgan fingerprint density at radius 2 is 1.89 bits per heavy atom. The third kappa shape index (κ3) is 2.99. The Balaban J connectivity index is 2.15. The average Bonchev–Trinajstić information content (AvgIpc) is 2.36. The molecule has 1 atom stereocenters. The van der Waals surface area contributed by atoms with Crippen LogP contribution < -0.4 is 0 Å². The maximum atomic E-state index is 12.3. The van der Waals surface area contributed by atoms with Crippen molar-refractivity contribution in [3.05, 3.63) is 34.9 Å². The minimum Gasteiger partial charge on any atom is -0.309 e. The van der Waals surface area contributed by atoms with E-state index in [0.717, 1.165) is 18.5 Å². The second kappa shape index (κ2) is 5.66. The smallest absolute Gasteiger partial charge is 0.166 e. The maximum Gasteiger partial charge on any atom is 0.166 e. The number of benzene rings is 1. The summed E-state index contributed by atoms with van der Waals surface area (Å²) in [6.07, 6.45) is 4.87. The van der Waals surface area contributed by atoms with E-state index >= 15 is 0 Å². The van der Waals surface area contributed by atoms with Crippen LogP contribution in [-0.4, -0.2) is 31.3 Å². The van der Waals surface area contributed by atoms with Crippen molar-refractivity contribution in [2.75, 3.05) is 20.6 Å². The van der Waals surface area contributed by atoms with Crippen LogP contribution in [0.5, 0.6) is 0 Å². The van der Waals surface area contributed by atoms with E-state index in [1.807, 2.05) is 27.1 Å². The molecule has 0 heterocycles. The molecule has 2 heteroatoms. The number of hydrogen-bond acceptors (Lipinski definition) is 2. The van der Waals surface area contributed by atoms with Gasteiger partial charge in [0.1, 0.15) is 0 Å². The number of rotatable bonds is 4. The summed E-state index contributed by atoms with van der Waals surface area (Å²) >= 11 is 0. The SMILES string of the molecule is CC(CN(C)C)C(=O)c1ccc2c(c1)CCCC2. The van der Waals surface area contributed by atoms with Gasteiger partial charge in [-0.2, -0.15) is 0 Å². The topological polar surface area (TPSA) is 20.3 Å². The molecule has 1 aromatic carbocycles. The first kappa shape index (κ1) is 13.3. The Hall–Kier alpha value is -1.15. The molecule has 1 unspecified atom stereocenters. The van der Waals surface area contributed by atoms with Gasteiger partial charge in [0.25, 0.3) is 0 Å². The van der Waals surface area contributed by atoms with E-state index in [9.17, 15) is 4.79 Å². The fraction of sp³-hybridized carbons (Fsp3) is 0.562. The zero-order valence-electron chi connectivity index (χ0n) is 11.7. The summed E-state index contributed by atoms with van der Waals surface area (Å²) < 4.78 is 0. The zero-order valence-corrected chi connectivity index (χ0v) is 11.7. The van der Waals surface area contributed by atoms with Crippen molar-refractivity contribution < 1.29 is 4.79 Å². The van der Waals surface area contributed by atoms with E-state index in [4.69, 9.17) is 0 Å². The van der Waals surface area contributed by atoms with Gasteiger partial charge in [0.15, 0.2) is 5.78 Å². The first-order chi connectivity index (χ1) is 8.58. The molecule has 2 nitrogen and oxygen atoms in total. The third-order valence-electron chi connectivity index (χ3n) is 3.72. The van der Waals surface area contributed by atoms with E-state index in [2.05, 4.69) is 17.0 Å². The standard InChI is InChI=1S/C16H23NO/c1-12(11-17(2)3)16(18)15-9-8-13-6-4-5-7-14(13)10-15/h8-10,12H,4-7,11H2,1-3H3. The van der Waals surface area contributed by atoms with Crippen LogP contribution in [0.1, 0.15) is 41.3 Å². The van der Waals surface area contributed by atoms with E-state index in [1.165, 1.54) is 30.4 Å². The number of hydrogen-bond donors (Lipinski definition) is 0. The molecule has 0 aromatic heterocycles. The van der Waals surface area contributed by atoms with Gasteiger partial charge in [0, 0.05) is 18.0 Å². The predicted octanol–water partition coefficient (Wildman–Crippen LogP) is 2.95. The van der Waals surface area contributed by atoms with E-state index in [0.29, 0.717) is 0 Å². The van der Waals surface area contributed by atoms with Gasteiger partial charge in [0.05, 0.1) is 0 Å². The Bertz CT molecular complexity index is 437. The molecule has 1 aliphatic rings. The molecular formula is C16H23NO. The second-order valence-corrected chi connectivity index (χ2v) is 5.72. The molecule has 0 saturated carbocycles. The van der Waals surface area contributed by atoms with Crippen molar-refractivity contribution in [2.45, 2.75) is 32.6 Å². The van der Waals surface area contributed by atoms with Crippen LogP contribution in [0.4, 0.5) is 0 Å². The minimum atomic E-state index is 0.0710. The third-order valence-corrected chi connectivity index (χ3v) is 3.72. The van der Waals surface area contributed by atoms with Crippen LogP contribution >= 0.6 is 0 Å². The number of carbonyl (C=O) groups excluding carboxylic acids is 1. The first-order valence-corrected chi connectivity index (χ1v) is 6.88. The van der Waals surface area contributed by atoms with Crippen LogP contribution in [-0.2, 0) is 12.8 Å². The molecule has 0 amide bonds. The lowest BCUT2D eigenvalue weighted by Crippen LogP contribution is -2.25. The van der Waals surface area contributed by atoms with Gasteiger partial charge < -0.3 is 4.90 Å². The highest BCUT2D eigenvalue weighted by molar-refractivity contribution is 5.98. The number of ketones is 1. The van der Waals surface area contributed by atoms with Crippen molar-refractivity contribution in [2.24, 2.45) is 5.92 Å². The maximum absolute atomic E-state index is 12.3. The van der Waals surface area contributed by atoms with Crippen LogP contribution in [0.25, 0.3) is 0 Å². The largest absolute Gasteiger partial charge is 0.309 e. The molecule has 0 aliphatic heterocycles. The van der Waals surface area contributed by atoms with Gasteiger partial charge >= 0.3 is 0 Å². The van der Waals surface area contributed by atoms with Gasteiger partial charge in [-0.15, -0.1) is 0 Å². The normalized spacial score (nSPS) is 16.4.